The van der Waals surface area contributed by atoms with E-state index in [0.717, 1.165) is 16.9 Å². The fourth-order valence-corrected chi connectivity index (χ4v) is 3.81. The van der Waals surface area contributed by atoms with Crippen molar-refractivity contribution in [3.05, 3.63) is 59.5 Å². The van der Waals surface area contributed by atoms with Gasteiger partial charge in [0.25, 0.3) is 5.89 Å². The first-order valence-corrected chi connectivity index (χ1v) is 10.3. The van der Waals surface area contributed by atoms with Crippen molar-refractivity contribution >= 4 is 29.3 Å². The van der Waals surface area contributed by atoms with Gasteiger partial charge in [0.2, 0.25) is 11.7 Å². The number of rotatable bonds is 5. The minimum Gasteiger partial charge on any atom is -0.452 e. The second-order valence-corrected chi connectivity index (χ2v) is 7.63. The lowest BCUT2D eigenvalue weighted by Gasteiger charge is -2.08. The largest absolute Gasteiger partial charge is 0.452 e. The quantitative estimate of drug-likeness (QED) is 0.634. The zero-order valence-electron chi connectivity index (χ0n) is 15.8. The molecule has 1 amide bonds. The summed E-state index contributed by atoms with van der Waals surface area (Å²) in [5, 5.41) is 6.75. The van der Waals surface area contributed by atoms with E-state index in [9.17, 15) is 9.59 Å². The molecule has 0 saturated carbocycles. The first kappa shape index (κ1) is 19.2. The van der Waals surface area contributed by atoms with Crippen molar-refractivity contribution in [2.75, 3.05) is 11.1 Å². The van der Waals surface area contributed by atoms with Crippen LogP contribution in [0.3, 0.4) is 0 Å². The zero-order chi connectivity index (χ0) is 20.2. The van der Waals surface area contributed by atoms with Crippen LogP contribution in [0.15, 0.2) is 51.9 Å². The van der Waals surface area contributed by atoms with Crippen LogP contribution in [0.4, 0.5) is 5.69 Å². The monoisotopic (exact) mass is 409 g/mol. The van der Waals surface area contributed by atoms with Crippen LogP contribution in [0.2, 0.25) is 0 Å². The van der Waals surface area contributed by atoms with E-state index < -0.39 is 5.97 Å². The summed E-state index contributed by atoms with van der Waals surface area (Å²) in [7, 11) is 0. The third kappa shape index (κ3) is 4.48. The van der Waals surface area contributed by atoms with Gasteiger partial charge in [-0.3, -0.25) is 4.79 Å². The van der Waals surface area contributed by atoms with Gasteiger partial charge in [0.15, 0.2) is 6.61 Å². The summed E-state index contributed by atoms with van der Waals surface area (Å²) >= 11 is 1.58. The van der Waals surface area contributed by atoms with E-state index >= 15 is 0 Å². The Morgan fingerprint density at radius 2 is 2.07 bits per heavy atom. The SMILES string of the molecule is CCc1ccc(-c2noc(COC(=O)c3ccc4c(c3)NC(=O)CCS4)n2)cc1. The Balaban J connectivity index is 1.41. The molecule has 0 bridgehead atoms. The average Bonchev–Trinajstić information content (AvgIpc) is 3.13. The molecule has 148 valence electrons. The molecule has 0 unspecified atom stereocenters. The molecule has 1 aliphatic rings. The molecule has 0 aliphatic carbocycles. The number of ether oxygens (including phenoxy) is 1. The Hall–Kier alpha value is -3.13. The Kier molecular flexibility index (Phi) is 5.62. The van der Waals surface area contributed by atoms with Crippen LogP contribution in [0.5, 0.6) is 0 Å². The van der Waals surface area contributed by atoms with Crippen molar-refractivity contribution < 1.29 is 18.8 Å². The number of carbonyl (C=O) groups excluding carboxylic acids is 2. The van der Waals surface area contributed by atoms with Crippen LogP contribution in [0, 0.1) is 0 Å². The molecule has 1 N–H and O–H groups in total. The van der Waals surface area contributed by atoms with Gasteiger partial charge >= 0.3 is 5.97 Å². The summed E-state index contributed by atoms with van der Waals surface area (Å²) in [5.41, 5.74) is 3.04. The van der Waals surface area contributed by atoms with Gasteiger partial charge in [-0.25, -0.2) is 4.79 Å². The van der Waals surface area contributed by atoms with Crippen molar-refractivity contribution in [1.29, 1.82) is 0 Å². The fourth-order valence-electron chi connectivity index (χ4n) is 2.88. The summed E-state index contributed by atoms with van der Waals surface area (Å²) < 4.78 is 10.5. The van der Waals surface area contributed by atoms with Crippen molar-refractivity contribution in [2.45, 2.75) is 31.3 Å². The molecule has 4 rings (SSSR count). The number of amides is 1. The number of aromatic nitrogens is 2. The smallest absolute Gasteiger partial charge is 0.338 e. The molecule has 1 aromatic heterocycles. The number of esters is 1. The van der Waals surface area contributed by atoms with E-state index in [2.05, 4.69) is 22.4 Å². The lowest BCUT2D eigenvalue weighted by Crippen LogP contribution is -2.11. The van der Waals surface area contributed by atoms with E-state index in [4.69, 9.17) is 9.26 Å². The van der Waals surface area contributed by atoms with Crippen LogP contribution in [0.1, 0.15) is 35.2 Å². The Labute approximate surface area is 171 Å². The summed E-state index contributed by atoms with van der Waals surface area (Å²) in [6.07, 6.45) is 1.40. The molecule has 0 saturated heterocycles. The van der Waals surface area contributed by atoms with Crippen LogP contribution in [-0.2, 0) is 22.6 Å². The van der Waals surface area contributed by atoms with Crippen molar-refractivity contribution in [1.82, 2.24) is 10.1 Å². The van der Waals surface area contributed by atoms with Crippen LogP contribution >= 0.6 is 11.8 Å². The molecule has 0 fully saturated rings. The van der Waals surface area contributed by atoms with Crippen molar-refractivity contribution in [3.8, 4) is 11.4 Å². The van der Waals surface area contributed by atoms with Crippen LogP contribution in [-0.4, -0.2) is 27.8 Å². The first-order valence-electron chi connectivity index (χ1n) is 9.28. The fraction of sp³-hybridized carbons (Fsp3) is 0.238. The number of hydrogen-bond acceptors (Lipinski definition) is 7. The number of carbonyl (C=O) groups is 2. The highest BCUT2D eigenvalue weighted by atomic mass is 32.2. The van der Waals surface area contributed by atoms with Gasteiger partial charge in [0.1, 0.15) is 0 Å². The van der Waals surface area contributed by atoms with E-state index in [1.807, 2.05) is 30.3 Å². The number of benzene rings is 2. The molecule has 0 radical (unpaired) electrons. The van der Waals surface area contributed by atoms with Crippen molar-refractivity contribution in [2.24, 2.45) is 0 Å². The maximum atomic E-state index is 12.4. The third-order valence-electron chi connectivity index (χ3n) is 4.49. The molecule has 2 aromatic carbocycles. The first-order chi connectivity index (χ1) is 14.1. The average molecular weight is 409 g/mol. The summed E-state index contributed by atoms with van der Waals surface area (Å²) in [6.45, 7) is 1.96. The summed E-state index contributed by atoms with van der Waals surface area (Å²) in [4.78, 5) is 29.3. The van der Waals surface area contributed by atoms with E-state index in [1.54, 1.807) is 23.9 Å². The highest BCUT2D eigenvalue weighted by molar-refractivity contribution is 7.99. The van der Waals surface area contributed by atoms with Gasteiger partial charge in [-0.2, -0.15) is 4.98 Å². The minimum absolute atomic E-state index is 0.0628. The third-order valence-corrected chi connectivity index (χ3v) is 5.57. The summed E-state index contributed by atoms with van der Waals surface area (Å²) in [5.74, 6) is 0.786. The van der Waals surface area contributed by atoms with E-state index in [1.165, 1.54) is 5.56 Å². The lowest BCUT2D eigenvalue weighted by molar-refractivity contribution is -0.115. The number of hydrogen-bond donors (Lipinski definition) is 1. The van der Waals surface area contributed by atoms with Gasteiger partial charge in [-0.15, -0.1) is 11.8 Å². The Morgan fingerprint density at radius 1 is 1.24 bits per heavy atom. The van der Waals surface area contributed by atoms with Crippen LogP contribution < -0.4 is 5.32 Å². The highest BCUT2D eigenvalue weighted by Crippen LogP contribution is 2.31. The number of aryl methyl sites for hydroxylation is 1. The van der Waals surface area contributed by atoms with Gasteiger partial charge in [-0.1, -0.05) is 36.3 Å². The Morgan fingerprint density at radius 3 is 2.86 bits per heavy atom. The molecule has 3 aromatic rings. The molecule has 0 atom stereocenters. The molecule has 0 spiro atoms. The maximum absolute atomic E-state index is 12.4. The second-order valence-electron chi connectivity index (χ2n) is 6.50. The number of nitrogens with zero attached hydrogens (tertiary/aromatic N) is 2. The molecule has 2 heterocycles. The topological polar surface area (TPSA) is 94.3 Å². The molecule has 29 heavy (non-hydrogen) atoms. The predicted molar refractivity (Wildman–Crippen MR) is 109 cm³/mol. The highest BCUT2D eigenvalue weighted by Gasteiger charge is 2.17. The predicted octanol–water partition coefficient (Wildman–Crippen LogP) is 4.09. The normalized spacial score (nSPS) is 13.3. The number of anilines is 1. The maximum Gasteiger partial charge on any atom is 0.338 e. The zero-order valence-corrected chi connectivity index (χ0v) is 16.6. The summed E-state index contributed by atoms with van der Waals surface area (Å²) in [6, 6.07) is 13.0. The van der Waals surface area contributed by atoms with Crippen LogP contribution in [0.25, 0.3) is 11.4 Å². The molecule has 7 nitrogen and oxygen atoms in total. The standard InChI is InChI=1S/C21H19N3O4S/c1-2-13-3-5-14(6-4-13)20-23-19(28-24-20)12-27-21(26)15-7-8-17-16(11-15)22-18(25)9-10-29-17/h3-8,11H,2,9-10,12H2,1H3,(H,22,25). The molecular weight excluding hydrogens is 390 g/mol. The molecule has 8 heteroatoms. The Bertz CT molecular complexity index is 1050. The van der Waals surface area contributed by atoms with Gasteiger partial charge in [-0.05, 0) is 30.2 Å². The van der Waals surface area contributed by atoms with E-state index in [-0.39, 0.29) is 18.4 Å². The number of fused-ring (bicyclic) bond motifs is 1. The number of nitrogens with one attached hydrogen (secondary N) is 1. The van der Waals surface area contributed by atoms with Gasteiger partial charge < -0.3 is 14.6 Å². The minimum atomic E-state index is -0.525. The molecule has 1 aliphatic heterocycles. The van der Waals surface area contributed by atoms with E-state index in [0.29, 0.717) is 29.2 Å². The lowest BCUT2D eigenvalue weighted by atomic mass is 10.1. The molecular formula is C21H19N3O4S. The van der Waals surface area contributed by atoms with Gasteiger partial charge in [0, 0.05) is 22.6 Å². The number of thioether (sulfide) groups is 1. The van der Waals surface area contributed by atoms with Gasteiger partial charge in [0.05, 0.1) is 11.3 Å². The second kappa shape index (κ2) is 8.48. The van der Waals surface area contributed by atoms with Crippen molar-refractivity contribution in [3.63, 3.8) is 0 Å².